The molecule has 0 aliphatic carbocycles. The molecule has 0 amide bonds. The third-order valence-corrected chi connectivity index (χ3v) is 7.93. The van der Waals surface area contributed by atoms with E-state index in [0.717, 1.165) is 39.6 Å². The fourth-order valence-electron chi connectivity index (χ4n) is 5.38. The lowest BCUT2D eigenvalue weighted by atomic mass is 9.96. The van der Waals surface area contributed by atoms with Gasteiger partial charge in [0.15, 0.2) is 5.11 Å². The van der Waals surface area contributed by atoms with Gasteiger partial charge in [0.25, 0.3) is 0 Å². The molecular formula is C31H31ClN4O4S. The molecule has 0 unspecified atom stereocenters. The molecule has 8 nitrogen and oxygen atoms in total. The van der Waals surface area contributed by atoms with Gasteiger partial charge in [0, 0.05) is 36.1 Å². The maximum Gasteiger partial charge on any atom is 0.335 e. The number of pyridine rings is 1. The van der Waals surface area contributed by atoms with E-state index in [2.05, 4.69) is 25.8 Å². The summed E-state index contributed by atoms with van der Waals surface area (Å²) in [6.45, 7) is 6.89. The number of thiocarbonyl (C=S) groups is 1. The minimum absolute atomic E-state index is 0.235. The van der Waals surface area contributed by atoms with Crippen molar-refractivity contribution in [2.45, 2.75) is 32.9 Å². The van der Waals surface area contributed by atoms with Gasteiger partial charge in [0.1, 0.15) is 12.4 Å². The van der Waals surface area contributed by atoms with Gasteiger partial charge in [0.05, 0.1) is 35.0 Å². The van der Waals surface area contributed by atoms with Crippen LogP contribution in [0.5, 0.6) is 5.75 Å². The van der Waals surface area contributed by atoms with Crippen LogP contribution in [-0.2, 0) is 4.74 Å². The molecule has 1 aliphatic heterocycles. The number of methoxy groups -OCH3 is 1. The van der Waals surface area contributed by atoms with Crippen LogP contribution in [0.3, 0.4) is 0 Å². The molecule has 0 bridgehead atoms. The summed E-state index contributed by atoms with van der Waals surface area (Å²) in [5.74, 6) is -0.400. The molecule has 0 spiro atoms. The molecule has 2 aromatic carbocycles. The summed E-state index contributed by atoms with van der Waals surface area (Å²) in [6, 6.07) is 18.3. The summed E-state index contributed by atoms with van der Waals surface area (Å²) in [5.41, 5.74) is 6.66. The highest BCUT2D eigenvalue weighted by atomic mass is 35.5. The van der Waals surface area contributed by atoms with Crippen LogP contribution in [0.1, 0.15) is 50.7 Å². The lowest BCUT2D eigenvalue weighted by Gasteiger charge is -2.28. The number of aryl methyl sites for hydroxylation is 2. The summed E-state index contributed by atoms with van der Waals surface area (Å²) < 4.78 is 13.0. The van der Waals surface area contributed by atoms with E-state index in [-0.39, 0.29) is 17.6 Å². The van der Waals surface area contributed by atoms with E-state index in [1.54, 1.807) is 25.4 Å². The zero-order valence-corrected chi connectivity index (χ0v) is 24.8. The zero-order chi connectivity index (χ0) is 29.3. The molecule has 1 saturated heterocycles. The summed E-state index contributed by atoms with van der Waals surface area (Å²) in [7, 11) is 1.62. The normalized spacial score (nSPS) is 16.6. The van der Waals surface area contributed by atoms with Crippen molar-refractivity contribution in [1.29, 1.82) is 0 Å². The highest BCUT2D eigenvalue weighted by molar-refractivity contribution is 7.80. The summed E-state index contributed by atoms with van der Waals surface area (Å²) in [5, 5.41) is 14.1. The Balaban J connectivity index is 1.63. The molecule has 0 radical (unpaired) electrons. The van der Waals surface area contributed by atoms with Crippen LogP contribution in [0.2, 0.25) is 5.02 Å². The first kappa shape index (κ1) is 28.6. The van der Waals surface area contributed by atoms with Crippen molar-refractivity contribution >= 4 is 40.6 Å². The minimum Gasteiger partial charge on any atom is -0.490 e. The van der Waals surface area contributed by atoms with Crippen LogP contribution in [0.15, 0.2) is 66.9 Å². The van der Waals surface area contributed by atoms with Gasteiger partial charge in [-0.15, -0.1) is 0 Å². The Morgan fingerprint density at radius 1 is 1.10 bits per heavy atom. The third kappa shape index (κ3) is 5.53. The highest BCUT2D eigenvalue weighted by Gasteiger charge is 2.42. The molecule has 212 valence electrons. The number of hydrogen-bond acceptors (Lipinski definition) is 5. The minimum atomic E-state index is -0.966. The Kier molecular flexibility index (Phi) is 8.30. The van der Waals surface area contributed by atoms with Gasteiger partial charge in [-0.25, -0.2) is 4.79 Å². The van der Waals surface area contributed by atoms with Crippen LogP contribution < -0.4 is 15.0 Å². The average Bonchev–Trinajstić information content (AvgIpc) is 3.45. The second-order valence-corrected chi connectivity index (χ2v) is 10.7. The smallest absolute Gasteiger partial charge is 0.335 e. The Bertz CT molecular complexity index is 1610. The number of ether oxygens (including phenoxy) is 2. The number of aromatic carboxylic acids is 1. The number of carbonyl (C=O) groups is 1. The van der Waals surface area contributed by atoms with Crippen LogP contribution in [0.25, 0.3) is 5.69 Å². The van der Waals surface area contributed by atoms with E-state index in [0.29, 0.717) is 29.1 Å². The number of halogens is 1. The summed E-state index contributed by atoms with van der Waals surface area (Å²) in [4.78, 5) is 18.5. The Hall–Kier alpha value is -3.92. The quantitative estimate of drug-likeness (QED) is 0.172. The van der Waals surface area contributed by atoms with E-state index in [1.807, 2.05) is 63.2 Å². The van der Waals surface area contributed by atoms with Crippen molar-refractivity contribution in [1.82, 2.24) is 14.9 Å². The number of nitrogens with zero attached hydrogens (tertiary/aromatic N) is 3. The van der Waals surface area contributed by atoms with Gasteiger partial charge in [-0.1, -0.05) is 23.7 Å². The van der Waals surface area contributed by atoms with Crippen molar-refractivity contribution in [3.63, 3.8) is 0 Å². The fourth-order valence-corrected chi connectivity index (χ4v) is 5.96. The van der Waals surface area contributed by atoms with Gasteiger partial charge in [-0.2, -0.15) is 0 Å². The molecule has 3 heterocycles. The lowest BCUT2D eigenvalue weighted by molar-refractivity contribution is 0.0697. The number of hydrogen-bond donors (Lipinski definition) is 2. The van der Waals surface area contributed by atoms with E-state index >= 15 is 0 Å². The molecular weight excluding hydrogens is 560 g/mol. The van der Waals surface area contributed by atoms with Gasteiger partial charge < -0.3 is 29.4 Å². The third-order valence-electron chi connectivity index (χ3n) is 7.32. The van der Waals surface area contributed by atoms with Crippen LogP contribution in [0, 0.1) is 20.8 Å². The van der Waals surface area contributed by atoms with Crippen molar-refractivity contribution < 1.29 is 19.4 Å². The average molecular weight is 591 g/mol. The second kappa shape index (κ2) is 11.9. The first-order valence-corrected chi connectivity index (χ1v) is 13.9. The van der Waals surface area contributed by atoms with Crippen molar-refractivity contribution in [3.05, 3.63) is 106 Å². The highest BCUT2D eigenvalue weighted by Crippen LogP contribution is 2.45. The van der Waals surface area contributed by atoms with Crippen molar-refractivity contribution in [2.24, 2.45) is 0 Å². The van der Waals surface area contributed by atoms with Gasteiger partial charge in [-0.3, -0.25) is 4.98 Å². The Morgan fingerprint density at radius 2 is 1.90 bits per heavy atom. The maximum absolute atomic E-state index is 11.8. The Morgan fingerprint density at radius 3 is 2.59 bits per heavy atom. The molecule has 2 atom stereocenters. The number of aromatic nitrogens is 2. The van der Waals surface area contributed by atoms with E-state index in [4.69, 9.17) is 33.3 Å². The van der Waals surface area contributed by atoms with Gasteiger partial charge in [-0.05, 0) is 92.6 Å². The maximum atomic E-state index is 11.8. The number of nitrogens with one attached hydrogen (secondary N) is 1. The summed E-state index contributed by atoms with van der Waals surface area (Å²) in [6.07, 6.45) is 1.77. The molecule has 5 rings (SSSR count). The number of carboxylic acid groups (broad SMARTS) is 1. The number of anilines is 1. The van der Waals surface area contributed by atoms with Crippen molar-refractivity contribution in [3.8, 4) is 11.4 Å². The number of rotatable bonds is 9. The zero-order valence-electron chi connectivity index (χ0n) is 23.2. The molecule has 10 heteroatoms. The van der Waals surface area contributed by atoms with E-state index in [1.165, 1.54) is 0 Å². The van der Waals surface area contributed by atoms with Crippen molar-refractivity contribution in [2.75, 3.05) is 25.2 Å². The first-order chi connectivity index (χ1) is 19.7. The second-order valence-electron chi connectivity index (χ2n) is 9.92. The summed E-state index contributed by atoms with van der Waals surface area (Å²) >= 11 is 12.6. The largest absolute Gasteiger partial charge is 0.490 e. The molecule has 2 aromatic heterocycles. The molecule has 0 saturated carbocycles. The van der Waals surface area contributed by atoms with Gasteiger partial charge in [0.2, 0.25) is 0 Å². The molecule has 1 aliphatic rings. The standard InChI is InChI=1S/C31H31ClN4O4S/c1-18-8-9-21(30(37)38)16-26(18)35-19(2)15-23(20(35)3)29-28(25-7-5-6-12-33-25)34-31(41)36(29)22-10-11-27(24(32)17-22)40-14-13-39-4/h5-12,15-17,28-29H,13-14H2,1-4H3,(H,34,41)(H,37,38)/t28-,29+/m1/s1. The lowest BCUT2D eigenvalue weighted by Crippen LogP contribution is -2.29. The van der Waals surface area contributed by atoms with Gasteiger partial charge >= 0.3 is 5.97 Å². The first-order valence-electron chi connectivity index (χ1n) is 13.2. The predicted octanol–water partition coefficient (Wildman–Crippen LogP) is 6.35. The molecule has 4 aromatic rings. The number of carboxylic acids is 1. The molecule has 1 fully saturated rings. The van der Waals surface area contributed by atoms with Crippen LogP contribution >= 0.6 is 23.8 Å². The number of benzene rings is 2. The van der Waals surface area contributed by atoms with Crippen LogP contribution in [0.4, 0.5) is 5.69 Å². The SMILES string of the molecule is COCCOc1ccc(N2C(=S)N[C@H](c3ccccn3)[C@@H]2c2cc(C)n(-c3cc(C(=O)O)ccc3C)c2C)cc1Cl. The fraction of sp³-hybridized carbons (Fsp3) is 0.258. The monoisotopic (exact) mass is 590 g/mol. The molecule has 2 N–H and O–H groups in total. The van der Waals surface area contributed by atoms with E-state index < -0.39 is 5.97 Å². The van der Waals surface area contributed by atoms with E-state index in [9.17, 15) is 9.90 Å². The topological polar surface area (TPSA) is 88.9 Å². The Labute approximate surface area is 249 Å². The molecule has 41 heavy (non-hydrogen) atoms. The predicted molar refractivity (Wildman–Crippen MR) is 164 cm³/mol. The van der Waals surface area contributed by atoms with Crippen LogP contribution in [-0.4, -0.2) is 46.1 Å².